The molecule has 0 saturated carbocycles. The molecule has 0 aliphatic heterocycles. The zero-order valence-corrected chi connectivity index (χ0v) is 60.6. The van der Waals surface area contributed by atoms with Crippen LogP contribution in [0.25, 0.3) is 77.2 Å². The lowest BCUT2D eigenvalue weighted by atomic mass is 9.71. The van der Waals surface area contributed by atoms with Crippen molar-refractivity contribution in [2.24, 2.45) is 10.8 Å². The SMILES string of the molecule is Cc1cc(F)cc(-c2cc(C(C)(C)CC(C)(C)C)cc(-n3c4cc(C(C)(C)C)ccc4c4ccc(C(C)(C)C)cc43)c2O)c1OCCCOc1c(Cl)cc(F)cc1-c1cc(C(C)(C)CC(C)(C)C)cc(-n2c3cc(C(C)(C)C)ccc3c3ccc(C(C)(C)C)cc32)c1O. The lowest BCUT2D eigenvalue weighted by Crippen LogP contribution is -2.25. The molecule has 2 N–H and O–H groups in total. The van der Waals surface area contributed by atoms with Crippen LogP contribution < -0.4 is 9.47 Å². The number of aromatic nitrogens is 2. The Balaban J connectivity index is 1.08. The fourth-order valence-electron chi connectivity index (χ4n) is 14.5. The highest BCUT2D eigenvalue weighted by atomic mass is 35.5. The van der Waals surface area contributed by atoms with E-state index in [0.29, 0.717) is 51.4 Å². The van der Waals surface area contributed by atoms with Gasteiger partial charge in [0.05, 0.1) is 51.7 Å². The van der Waals surface area contributed by atoms with Crippen molar-refractivity contribution >= 4 is 55.2 Å². The molecule has 10 rings (SSSR count). The fraction of sp³-hybridized carbons (Fsp3) is 0.429. The van der Waals surface area contributed by atoms with E-state index in [2.05, 4.69) is 246 Å². The highest BCUT2D eigenvalue weighted by Crippen LogP contribution is 2.52. The van der Waals surface area contributed by atoms with E-state index in [1.165, 1.54) is 24.3 Å². The zero-order chi connectivity index (χ0) is 68.4. The zero-order valence-electron chi connectivity index (χ0n) is 59.8. The van der Waals surface area contributed by atoms with Crippen molar-refractivity contribution in [3.63, 3.8) is 0 Å². The Morgan fingerprint density at radius 3 is 1.01 bits per heavy atom. The summed E-state index contributed by atoms with van der Waals surface area (Å²) in [5.74, 6) is -0.428. The number of hydrogen-bond acceptors (Lipinski definition) is 4. The van der Waals surface area contributed by atoms with E-state index in [1.54, 1.807) is 0 Å². The van der Waals surface area contributed by atoms with Crippen molar-refractivity contribution in [2.75, 3.05) is 13.2 Å². The smallest absolute Gasteiger partial charge is 0.147 e. The third-order valence-corrected chi connectivity index (χ3v) is 19.1. The Morgan fingerprint density at radius 1 is 0.376 bits per heavy atom. The minimum Gasteiger partial charge on any atom is -0.505 e. The lowest BCUT2D eigenvalue weighted by molar-refractivity contribution is 0.247. The maximum Gasteiger partial charge on any atom is 0.147 e. The monoisotopic (exact) mass is 1270 g/mol. The number of aryl methyl sites for hydroxylation is 1. The molecule has 0 bridgehead atoms. The molecule has 8 aromatic carbocycles. The average Bonchev–Trinajstić information content (AvgIpc) is 1.58. The molecule has 0 spiro atoms. The van der Waals surface area contributed by atoms with Crippen molar-refractivity contribution in [1.29, 1.82) is 0 Å². The molecule has 2 heterocycles. The quantitative estimate of drug-likeness (QED) is 0.106. The maximum absolute atomic E-state index is 16.3. The van der Waals surface area contributed by atoms with E-state index in [1.807, 2.05) is 19.1 Å². The van der Waals surface area contributed by atoms with Gasteiger partial charge in [-0.3, -0.25) is 0 Å². The number of benzene rings is 8. The van der Waals surface area contributed by atoms with Gasteiger partial charge >= 0.3 is 0 Å². The van der Waals surface area contributed by atoms with Crippen molar-refractivity contribution in [3.8, 4) is 56.6 Å². The number of aromatic hydroxyl groups is 2. The molecular weight excluding hydrogens is 1170 g/mol. The Bertz CT molecular complexity index is 4120. The van der Waals surface area contributed by atoms with E-state index in [-0.39, 0.29) is 68.0 Å². The second-order valence-electron chi connectivity index (χ2n) is 34.5. The van der Waals surface area contributed by atoms with Gasteiger partial charge in [-0.1, -0.05) is 212 Å². The van der Waals surface area contributed by atoms with Gasteiger partial charge in [0.25, 0.3) is 0 Å². The summed E-state index contributed by atoms with van der Waals surface area (Å²) in [5.41, 5.74) is 12.1. The lowest BCUT2D eigenvalue weighted by Gasteiger charge is -2.34. The summed E-state index contributed by atoms with van der Waals surface area (Å²) in [6.07, 6.45) is 1.96. The molecule has 0 unspecified atom stereocenters. The first-order chi connectivity index (χ1) is 42.8. The topological polar surface area (TPSA) is 68.8 Å². The standard InChI is InChI=1S/C84H101ClF2N2O4/c1-49-35-56(86)44-64(62-36-54(83(20,21)47-77(2,3)4)42-71(73(62)90)88-67-38-50(79(8,9)10)25-29-58(67)59-30-26-51(39-68(59)88)80(11,12)13)75(49)92-33-24-34-93-76-65(45-57(87)46-66(76)85)63-37-55(84(22,23)48-78(5,6)7)43-72(74(63)91)89-69-40-52(81(14,15)16)27-31-60(69)61-32-28-53(41-70(61)89)82(17,18)19/h25-32,35-46,90-91H,24,33-34,47-48H2,1-23H3. The third kappa shape index (κ3) is 13.8. The van der Waals surface area contributed by atoms with Crippen molar-refractivity contribution in [1.82, 2.24) is 9.13 Å². The number of ether oxygens (including phenoxy) is 2. The molecular formula is C84H101ClF2N2O4. The van der Waals surface area contributed by atoms with Gasteiger partial charge in [-0.05, 0) is 175 Å². The first kappa shape index (κ1) is 68.6. The Hall–Kier alpha value is -7.29. The van der Waals surface area contributed by atoms with Gasteiger partial charge in [-0.25, -0.2) is 8.78 Å². The molecule has 0 saturated heterocycles. The van der Waals surface area contributed by atoms with Crippen molar-refractivity contribution in [2.45, 2.75) is 211 Å². The summed E-state index contributed by atoms with van der Waals surface area (Å²) < 4.78 is 50.4. The average molecular weight is 1280 g/mol. The number of fused-ring (bicyclic) bond motifs is 6. The number of halogens is 3. The predicted molar refractivity (Wildman–Crippen MR) is 390 cm³/mol. The number of phenols is 2. The van der Waals surface area contributed by atoms with Crippen LogP contribution in [0, 0.1) is 29.4 Å². The summed E-state index contributed by atoms with van der Waals surface area (Å²) >= 11 is 7.12. The maximum atomic E-state index is 16.3. The van der Waals surface area contributed by atoms with Gasteiger partial charge < -0.3 is 28.8 Å². The molecule has 10 aromatic rings. The molecule has 0 fully saturated rings. The Morgan fingerprint density at radius 2 is 0.688 bits per heavy atom. The fourth-order valence-corrected chi connectivity index (χ4v) is 14.7. The second-order valence-corrected chi connectivity index (χ2v) is 34.9. The molecule has 492 valence electrons. The van der Waals surface area contributed by atoms with Crippen LogP contribution >= 0.6 is 11.6 Å². The molecule has 0 atom stereocenters. The first-order valence-corrected chi connectivity index (χ1v) is 33.7. The molecule has 6 nitrogen and oxygen atoms in total. The number of phenolic OH excluding ortho intramolecular Hbond substituents is 2. The summed E-state index contributed by atoms with van der Waals surface area (Å²) in [6, 6.07) is 40.4. The first-order valence-electron chi connectivity index (χ1n) is 33.3. The van der Waals surface area contributed by atoms with Crippen LogP contribution in [0.1, 0.15) is 211 Å². The largest absolute Gasteiger partial charge is 0.505 e. The van der Waals surface area contributed by atoms with E-state index in [9.17, 15) is 10.2 Å². The van der Waals surface area contributed by atoms with Gasteiger partial charge in [0.2, 0.25) is 0 Å². The van der Waals surface area contributed by atoms with Gasteiger partial charge in [-0.15, -0.1) is 0 Å². The predicted octanol–water partition coefficient (Wildman–Crippen LogP) is 24.3. The Kier molecular flexibility index (Phi) is 17.6. The molecule has 0 aliphatic rings. The number of rotatable bonds is 14. The van der Waals surface area contributed by atoms with E-state index in [4.69, 9.17) is 21.1 Å². The van der Waals surface area contributed by atoms with Gasteiger partial charge in [0.1, 0.15) is 34.6 Å². The third-order valence-electron chi connectivity index (χ3n) is 18.8. The van der Waals surface area contributed by atoms with Crippen LogP contribution in [0.2, 0.25) is 5.02 Å². The van der Waals surface area contributed by atoms with Gasteiger partial charge in [0, 0.05) is 50.2 Å². The van der Waals surface area contributed by atoms with Crippen LogP contribution in [-0.2, 0) is 32.5 Å². The van der Waals surface area contributed by atoms with Crippen LogP contribution in [0.4, 0.5) is 8.78 Å². The Labute approximate surface area is 558 Å². The number of nitrogens with zero attached hydrogens (tertiary/aromatic N) is 2. The molecule has 0 radical (unpaired) electrons. The minimum atomic E-state index is -0.577. The molecule has 2 aromatic heterocycles. The molecule has 9 heteroatoms. The highest BCUT2D eigenvalue weighted by molar-refractivity contribution is 6.32. The summed E-state index contributed by atoms with van der Waals surface area (Å²) in [6.45, 7) is 50.9. The van der Waals surface area contributed by atoms with Gasteiger partial charge in [-0.2, -0.15) is 0 Å². The van der Waals surface area contributed by atoms with Gasteiger partial charge in [0.15, 0.2) is 0 Å². The van der Waals surface area contributed by atoms with E-state index >= 15 is 8.78 Å². The minimum absolute atomic E-state index is 0.00262. The molecule has 0 aliphatic carbocycles. The van der Waals surface area contributed by atoms with Crippen LogP contribution in [-0.4, -0.2) is 32.6 Å². The van der Waals surface area contributed by atoms with E-state index in [0.717, 1.165) is 89.8 Å². The summed E-state index contributed by atoms with van der Waals surface area (Å²) in [7, 11) is 0. The van der Waals surface area contributed by atoms with Crippen molar-refractivity contribution in [3.05, 3.63) is 177 Å². The number of hydrogen-bond donors (Lipinski definition) is 2. The summed E-state index contributed by atoms with van der Waals surface area (Å²) in [4.78, 5) is 0. The van der Waals surface area contributed by atoms with Crippen LogP contribution in [0.5, 0.6) is 23.0 Å². The summed E-state index contributed by atoms with van der Waals surface area (Å²) in [5, 5.41) is 30.7. The highest BCUT2D eigenvalue weighted by Gasteiger charge is 2.35. The van der Waals surface area contributed by atoms with Crippen LogP contribution in [0.3, 0.4) is 0 Å². The van der Waals surface area contributed by atoms with Crippen molar-refractivity contribution < 1.29 is 28.5 Å². The molecule has 0 amide bonds. The normalized spacial score (nSPS) is 13.4. The van der Waals surface area contributed by atoms with E-state index < -0.39 is 22.5 Å². The molecule has 93 heavy (non-hydrogen) atoms. The second kappa shape index (κ2) is 23.9. The van der Waals surface area contributed by atoms with Crippen LogP contribution in [0.15, 0.2) is 121 Å².